The molecule has 4 heteroatoms. The molecule has 0 fully saturated rings. The summed E-state index contributed by atoms with van der Waals surface area (Å²) >= 11 is 6.04. The third kappa shape index (κ3) is 3.87. The van der Waals surface area contributed by atoms with Crippen LogP contribution in [0.5, 0.6) is 5.75 Å². The molecule has 0 spiro atoms. The molecule has 0 aliphatic carbocycles. The van der Waals surface area contributed by atoms with Gasteiger partial charge in [0.05, 0.1) is 5.02 Å². The fourth-order valence-electron chi connectivity index (χ4n) is 2.47. The summed E-state index contributed by atoms with van der Waals surface area (Å²) in [4.78, 5) is 12.2. The Hall–Kier alpha value is -2.52. The average Bonchev–Trinajstić information content (AvgIpc) is 2.61. The van der Waals surface area contributed by atoms with Gasteiger partial charge in [-0.1, -0.05) is 60.1 Å². The molecule has 1 amide bonds. The molecule has 3 rings (SSSR count). The number of fused-ring (bicyclic) bond motifs is 1. The molecule has 1 unspecified atom stereocenters. The first-order valence-electron chi connectivity index (χ1n) is 7.80. The zero-order valence-corrected chi connectivity index (χ0v) is 14.1. The van der Waals surface area contributed by atoms with E-state index in [1.165, 1.54) is 5.39 Å². The van der Waals surface area contributed by atoms with Crippen LogP contribution in [-0.4, -0.2) is 12.0 Å². The molecule has 0 heterocycles. The Kier molecular flexibility index (Phi) is 5.02. The summed E-state index contributed by atoms with van der Waals surface area (Å²) in [5, 5.41) is 5.73. The van der Waals surface area contributed by atoms with E-state index in [2.05, 4.69) is 29.6 Å². The highest BCUT2D eigenvalue weighted by molar-refractivity contribution is 6.32. The molecule has 1 N–H and O–H groups in total. The molecule has 0 aromatic heterocycles. The molecule has 3 nitrogen and oxygen atoms in total. The first-order valence-corrected chi connectivity index (χ1v) is 8.18. The van der Waals surface area contributed by atoms with Crippen LogP contribution in [0.2, 0.25) is 5.02 Å². The van der Waals surface area contributed by atoms with Gasteiger partial charge in [-0.05, 0) is 41.5 Å². The average molecular weight is 340 g/mol. The van der Waals surface area contributed by atoms with Crippen molar-refractivity contribution < 1.29 is 9.53 Å². The summed E-state index contributed by atoms with van der Waals surface area (Å²) in [5.74, 6) is 0.329. The fourth-order valence-corrected chi connectivity index (χ4v) is 2.65. The van der Waals surface area contributed by atoms with Crippen molar-refractivity contribution in [3.63, 3.8) is 0 Å². The second-order valence-electron chi connectivity index (χ2n) is 5.59. The Balaban J connectivity index is 1.60. The highest BCUT2D eigenvalue weighted by atomic mass is 35.5. The van der Waals surface area contributed by atoms with Gasteiger partial charge in [0.25, 0.3) is 5.91 Å². The van der Waals surface area contributed by atoms with Crippen molar-refractivity contribution in [3.05, 3.63) is 77.3 Å². The van der Waals surface area contributed by atoms with Crippen LogP contribution in [0.15, 0.2) is 66.7 Å². The van der Waals surface area contributed by atoms with Gasteiger partial charge in [-0.3, -0.25) is 4.79 Å². The van der Waals surface area contributed by atoms with Crippen molar-refractivity contribution >= 4 is 28.3 Å². The number of nitrogens with one attached hydrogen (secondary N) is 1. The number of amides is 1. The highest BCUT2D eigenvalue weighted by Crippen LogP contribution is 2.24. The molecule has 24 heavy (non-hydrogen) atoms. The standard InChI is InChI=1S/C20H18ClNO2/c1-14(24-19-9-5-4-8-18(19)21)20(23)22-13-15-10-11-16-6-2-3-7-17(16)12-15/h2-12,14H,13H2,1H3,(H,22,23). The summed E-state index contributed by atoms with van der Waals surface area (Å²) in [7, 11) is 0. The summed E-state index contributed by atoms with van der Waals surface area (Å²) in [6.45, 7) is 2.17. The Labute approximate surface area is 146 Å². The zero-order chi connectivity index (χ0) is 16.9. The third-order valence-corrected chi connectivity index (χ3v) is 4.10. The number of carbonyl (C=O) groups is 1. The van der Waals surface area contributed by atoms with Crippen LogP contribution < -0.4 is 10.1 Å². The monoisotopic (exact) mass is 339 g/mol. The molecular formula is C20H18ClNO2. The van der Waals surface area contributed by atoms with E-state index in [9.17, 15) is 4.79 Å². The summed E-state index contributed by atoms with van der Waals surface area (Å²) in [6, 6.07) is 21.4. The molecule has 0 radical (unpaired) electrons. The van der Waals surface area contributed by atoms with Crippen LogP contribution in [0.25, 0.3) is 10.8 Å². The predicted molar refractivity (Wildman–Crippen MR) is 97.3 cm³/mol. The molecule has 0 aliphatic heterocycles. The van der Waals surface area contributed by atoms with Gasteiger partial charge in [0.2, 0.25) is 0 Å². The normalized spacial score (nSPS) is 11.9. The fraction of sp³-hybridized carbons (Fsp3) is 0.150. The molecule has 3 aromatic rings. The van der Waals surface area contributed by atoms with Crippen LogP contribution in [0.3, 0.4) is 0 Å². The molecule has 0 saturated heterocycles. The van der Waals surface area contributed by atoms with Crippen LogP contribution >= 0.6 is 11.6 Å². The number of hydrogen-bond donors (Lipinski definition) is 1. The first-order chi connectivity index (χ1) is 11.6. The van der Waals surface area contributed by atoms with Gasteiger partial charge in [0, 0.05) is 6.54 Å². The van der Waals surface area contributed by atoms with Gasteiger partial charge in [-0.15, -0.1) is 0 Å². The Morgan fingerprint density at radius 1 is 1.04 bits per heavy atom. The first kappa shape index (κ1) is 16.3. The van der Waals surface area contributed by atoms with Crippen molar-refractivity contribution in [2.24, 2.45) is 0 Å². The molecule has 0 bridgehead atoms. The summed E-state index contributed by atoms with van der Waals surface area (Å²) in [6.07, 6.45) is -0.620. The molecule has 3 aromatic carbocycles. The molecular weight excluding hydrogens is 322 g/mol. The van der Waals surface area contributed by atoms with Gasteiger partial charge in [0.15, 0.2) is 6.10 Å². The van der Waals surface area contributed by atoms with E-state index in [-0.39, 0.29) is 5.91 Å². The van der Waals surface area contributed by atoms with E-state index in [1.54, 1.807) is 19.1 Å². The minimum Gasteiger partial charge on any atom is -0.479 e. The lowest BCUT2D eigenvalue weighted by Gasteiger charge is -2.15. The number of para-hydroxylation sites is 1. The third-order valence-electron chi connectivity index (χ3n) is 3.79. The number of ether oxygens (including phenoxy) is 1. The van der Waals surface area contributed by atoms with E-state index in [0.29, 0.717) is 17.3 Å². The van der Waals surface area contributed by atoms with Gasteiger partial charge < -0.3 is 10.1 Å². The highest BCUT2D eigenvalue weighted by Gasteiger charge is 2.15. The van der Waals surface area contributed by atoms with Crippen molar-refractivity contribution in [2.45, 2.75) is 19.6 Å². The SMILES string of the molecule is CC(Oc1ccccc1Cl)C(=O)NCc1ccc2ccccc2c1. The predicted octanol–water partition coefficient (Wildman–Crippen LogP) is 4.58. The van der Waals surface area contributed by atoms with Gasteiger partial charge in [0.1, 0.15) is 5.75 Å². The maximum atomic E-state index is 12.2. The second-order valence-corrected chi connectivity index (χ2v) is 6.00. The van der Waals surface area contributed by atoms with Crippen molar-refractivity contribution in [1.82, 2.24) is 5.32 Å². The Bertz CT molecular complexity index is 863. The molecule has 0 aliphatic rings. The lowest BCUT2D eigenvalue weighted by molar-refractivity contribution is -0.127. The second kappa shape index (κ2) is 7.37. The lowest BCUT2D eigenvalue weighted by atomic mass is 10.1. The topological polar surface area (TPSA) is 38.3 Å². The van der Waals surface area contributed by atoms with Crippen LogP contribution in [0, 0.1) is 0 Å². The Morgan fingerprint density at radius 3 is 2.54 bits per heavy atom. The maximum absolute atomic E-state index is 12.2. The minimum atomic E-state index is -0.620. The van der Waals surface area contributed by atoms with Crippen molar-refractivity contribution in [1.29, 1.82) is 0 Å². The minimum absolute atomic E-state index is 0.178. The van der Waals surface area contributed by atoms with E-state index in [1.807, 2.05) is 30.3 Å². The van der Waals surface area contributed by atoms with E-state index < -0.39 is 6.10 Å². The van der Waals surface area contributed by atoms with Crippen LogP contribution in [0.1, 0.15) is 12.5 Å². The van der Waals surface area contributed by atoms with Gasteiger partial charge >= 0.3 is 0 Å². The van der Waals surface area contributed by atoms with Crippen molar-refractivity contribution in [3.8, 4) is 5.75 Å². The smallest absolute Gasteiger partial charge is 0.261 e. The maximum Gasteiger partial charge on any atom is 0.261 e. The molecule has 1 atom stereocenters. The summed E-state index contributed by atoms with van der Waals surface area (Å²) < 4.78 is 5.62. The number of benzene rings is 3. The van der Waals surface area contributed by atoms with Crippen molar-refractivity contribution in [2.75, 3.05) is 0 Å². The number of rotatable bonds is 5. The number of carbonyl (C=O) groups excluding carboxylic acids is 1. The van der Waals surface area contributed by atoms with E-state index in [0.717, 1.165) is 10.9 Å². The van der Waals surface area contributed by atoms with Crippen LogP contribution in [-0.2, 0) is 11.3 Å². The van der Waals surface area contributed by atoms with Gasteiger partial charge in [-0.25, -0.2) is 0 Å². The Morgan fingerprint density at radius 2 is 1.75 bits per heavy atom. The number of hydrogen-bond acceptors (Lipinski definition) is 2. The molecule has 0 saturated carbocycles. The largest absolute Gasteiger partial charge is 0.479 e. The summed E-state index contributed by atoms with van der Waals surface area (Å²) in [5.41, 5.74) is 1.05. The number of halogens is 1. The lowest BCUT2D eigenvalue weighted by Crippen LogP contribution is -2.35. The van der Waals surface area contributed by atoms with E-state index in [4.69, 9.17) is 16.3 Å². The van der Waals surface area contributed by atoms with Gasteiger partial charge in [-0.2, -0.15) is 0 Å². The quantitative estimate of drug-likeness (QED) is 0.739. The van der Waals surface area contributed by atoms with Crippen LogP contribution in [0.4, 0.5) is 0 Å². The zero-order valence-electron chi connectivity index (χ0n) is 13.3. The van der Waals surface area contributed by atoms with E-state index >= 15 is 0 Å². The molecule has 122 valence electrons.